The third kappa shape index (κ3) is 3.53. The number of pyridine rings is 1. The molecule has 0 atom stereocenters. The fourth-order valence-corrected chi connectivity index (χ4v) is 2.10. The molecule has 0 spiro atoms. The van der Waals surface area contributed by atoms with Crippen LogP contribution in [0.1, 0.15) is 12.6 Å². The zero-order valence-electron chi connectivity index (χ0n) is 9.92. The summed E-state index contributed by atoms with van der Waals surface area (Å²) in [4.78, 5) is 19.6. The molecule has 2 heterocycles. The molecule has 6 heteroatoms. The molecule has 0 aromatic carbocycles. The molecular formula is C12H13N3O2S. The SMILES string of the molecule is CCOC(=O)Cc1csc(Nc2cccnc2)n1. The molecular weight excluding hydrogens is 250 g/mol. The van der Waals surface area contributed by atoms with Gasteiger partial charge in [0.25, 0.3) is 0 Å². The first-order valence-electron chi connectivity index (χ1n) is 5.55. The van der Waals surface area contributed by atoms with E-state index in [0.717, 1.165) is 10.8 Å². The molecule has 0 fully saturated rings. The summed E-state index contributed by atoms with van der Waals surface area (Å²) in [7, 11) is 0. The van der Waals surface area contributed by atoms with Crippen LogP contribution < -0.4 is 5.32 Å². The van der Waals surface area contributed by atoms with E-state index in [-0.39, 0.29) is 12.4 Å². The Morgan fingerprint density at radius 1 is 1.56 bits per heavy atom. The maximum absolute atomic E-state index is 11.3. The summed E-state index contributed by atoms with van der Waals surface area (Å²) in [6.07, 6.45) is 3.63. The maximum Gasteiger partial charge on any atom is 0.311 e. The predicted molar refractivity (Wildman–Crippen MR) is 70.0 cm³/mol. The van der Waals surface area contributed by atoms with E-state index < -0.39 is 0 Å². The molecule has 2 rings (SSSR count). The van der Waals surface area contributed by atoms with Crippen molar-refractivity contribution in [2.75, 3.05) is 11.9 Å². The van der Waals surface area contributed by atoms with Crippen LogP contribution in [0.4, 0.5) is 10.8 Å². The lowest BCUT2D eigenvalue weighted by Crippen LogP contribution is -2.07. The van der Waals surface area contributed by atoms with E-state index in [4.69, 9.17) is 4.74 Å². The summed E-state index contributed by atoms with van der Waals surface area (Å²) in [5, 5.41) is 5.70. The van der Waals surface area contributed by atoms with Gasteiger partial charge in [-0.05, 0) is 19.1 Å². The highest BCUT2D eigenvalue weighted by Gasteiger charge is 2.08. The van der Waals surface area contributed by atoms with Crippen molar-refractivity contribution in [1.82, 2.24) is 9.97 Å². The van der Waals surface area contributed by atoms with Gasteiger partial charge in [0.1, 0.15) is 0 Å². The zero-order chi connectivity index (χ0) is 12.8. The second-order valence-corrected chi connectivity index (χ2v) is 4.35. The number of carbonyl (C=O) groups excluding carboxylic acids is 1. The van der Waals surface area contributed by atoms with Gasteiger partial charge >= 0.3 is 5.97 Å². The highest BCUT2D eigenvalue weighted by Crippen LogP contribution is 2.20. The van der Waals surface area contributed by atoms with Crippen molar-refractivity contribution in [3.8, 4) is 0 Å². The largest absolute Gasteiger partial charge is 0.466 e. The fourth-order valence-electron chi connectivity index (χ4n) is 1.37. The molecule has 1 N–H and O–H groups in total. The summed E-state index contributed by atoms with van der Waals surface area (Å²) in [5.74, 6) is -0.254. The van der Waals surface area contributed by atoms with Gasteiger partial charge in [-0.3, -0.25) is 9.78 Å². The first-order valence-corrected chi connectivity index (χ1v) is 6.43. The number of hydrogen-bond acceptors (Lipinski definition) is 6. The Morgan fingerprint density at radius 3 is 3.17 bits per heavy atom. The smallest absolute Gasteiger partial charge is 0.311 e. The number of rotatable bonds is 5. The van der Waals surface area contributed by atoms with Gasteiger partial charge in [-0.15, -0.1) is 11.3 Å². The van der Waals surface area contributed by atoms with Crippen LogP contribution in [0.5, 0.6) is 0 Å². The molecule has 0 unspecified atom stereocenters. The fraction of sp³-hybridized carbons (Fsp3) is 0.250. The molecule has 18 heavy (non-hydrogen) atoms. The van der Waals surface area contributed by atoms with Crippen LogP contribution in [0.25, 0.3) is 0 Å². The van der Waals surface area contributed by atoms with Crippen molar-refractivity contribution in [3.05, 3.63) is 35.6 Å². The summed E-state index contributed by atoms with van der Waals surface area (Å²) in [5.41, 5.74) is 1.58. The first kappa shape index (κ1) is 12.5. The molecule has 0 aliphatic heterocycles. The van der Waals surface area contributed by atoms with Crippen molar-refractivity contribution < 1.29 is 9.53 Å². The molecule has 2 aromatic heterocycles. The van der Waals surface area contributed by atoms with Gasteiger partial charge in [0, 0.05) is 11.6 Å². The van der Waals surface area contributed by atoms with E-state index in [1.165, 1.54) is 11.3 Å². The average Bonchev–Trinajstić information content (AvgIpc) is 2.78. The van der Waals surface area contributed by atoms with Crippen molar-refractivity contribution in [2.24, 2.45) is 0 Å². The number of thiazole rings is 1. The Morgan fingerprint density at radius 2 is 2.44 bits per heavy atom. The molecule has 0 bridgehead atoms. The third-order valence-corrected chi connectivity index (χ3v) is 2.90. The molecule has 0 saturated heterocycles. The number of ether oxygens (including phenoxy) is 1. The second-order valence-electron chi connectivity index (χ2n) is 3.49. The van der Waals surface area contributed by atoms with Crippen LogP contribution in [0, 0.1) is 0 Å². The standard InChI is InChI=1S/C12H13N3O2S/c1-2-17-11(16)6-10-8-18-12(15-10)14-9-4-3-5-13-7-9/h3-5,7-8H,2,6H2,1H3,(H,14,15). The topological polar surface area (TPSA) is 64.1 Å². The Labute approximate surface area is 109 Å². The number of aromatic nitrogens is 2. The van der Waals surface area contributed by atoms with Gasteiger partial charge in [0.2, 0.25) is 0 Å². The van der Waals surface area contributed by atoms with Crippen LogP contribution in [0.15, 0.2) is 29.9 Å². The summed E-state index contributed by atoms with van der Waals surface area (Å²) in [6, 6.07) is 3.74. The van der Waals surface area contributed by atoms with Gasteiger partial charge in [-0.25, -0.2) is 4.98 Å². The lowest BCUT2D eigenvalue weighted by Gasteiger charge is -2.00. The zero-order valence-corrected chi connectivity index (χ0v) is 10.7. The van der Waals surface area contributed by atoms with E-state index in [1.807, 2.05) is 17.5 Å². The number of carbonyl (C=O) groups is 1. The van der Waals surface area contributed by atoms with E-state index in [0.29, 0.717) is 12.3 Å². The highest BCUT2D eigenvalue weighted by atomic mass is 32.1. The van der Waals surface area contributed by atoms with Crippen LogP contribution in [-0.4, -0.2) is 22.5 Å². The molecule has 0 amide bonds. The number of esters is 1. The van der Waals surface area contributed by atoms with E-state index >= 15 is 0 Å². The monoisotopic (exact) mass is 263 g/mol. The Bertz CT molecular complexity index is 513. The Balaban J connectivity index is 1.96. The normalized spacial score (nSPS) is 10.1. The minimum absolute atomic E-state index is 0.207. The van der Waals surface area contributed by atoms with Crippen molar-refractivity contribution in [1.29, 1.82) is 0 Å². The summed E-state index contributed by atoms with van der Waals surface area (Å²) < 4.78 is 4.87. The number of nitrogens with one attached hydrogen (secondary N) is 1. The van der Waals surface area contributed by atoms with Crippen LogP contribution >= 0.6 is 11.3 Å². The van der Waals surface area contributed by atoms with Crippen LogP contribution in [0.2, 0.25) is 0 Å². The molecule has 2 aromatic rings. The minimum Gasteiger partial charge on any atom is -0.466 e. The number of hydrogen-bond donors (Lipinski definition) is 1. The van der Waals surface area contributed by atoms with Gasteiger partial charge in [0.15, 0.2) is 5.13 Å². The highest BCUT2D eigenvalue weighted by molar-refractivity contribution is 7.13. The third-order valence-electron chi connectivity index (χ3n) is 2.10. The quantitative estimate of drug-likeness (QED) is 0.839. The predicted octanol–water partition coefficient (Wildman–Crippen LogP) is 2.39. The average molecular weight is 263 g/mol. The molecule has 0 aliphatic rings. The lowest BCUT2D eigenvalue weighted by molar-refractivity contribution is -0.142. The summed E-state index contributed by atoms with van der Waals surface area (Å²) >= 11 is 1.45. The number of anilines is 2. The Hall–Kier alpha value is -1.95. The lowest BCUT2D eigenvalue weighted by atomic mass is 10.3. The minimum atomic E-state index is -0.254. The van der Waals surface area contributed by atoms with Crippen LogP contribution in [0.3, 0.4) is 0 Å². The molecule has 0 saturated carbocycles. The molecule has 94 valence electrons. The van der Waals surface area contributed by atoms with E-state index in [1.54, 1.807) is 19.3 Å². The van der Waals surface area contributed by atoms with E-state index in [9.17, 15) is 4.79 Å². The summed E-state index contributed by atoms with van der Waals surface area (Å²) in [6.45, 7) is 2.18. The maximum atomic E-state index is 11.3. The first-order chi connectivity index (χ1) is 8.78. The number of nitrogens with zero attached hydrogens (tertiary/aromatic N) is 2. The van der Waals surface area contributed by atoms with Crippen molar-refractivity contribution in [3.63, 3.8) is 0 Å². The van der Waals surface area contributed by atoms with Crippen LogP contribution in [-0.2, 0) is 16.0 Å². The molecule has 5 nitrogen and oxygen atoms in total. The molecule has 0 radical (unpaired) electrons. The van der Waals surface area contributed by atoms with Crippen molar-refractivity contribution in [2.45, 2.75) is 13.3 Å². The Kier molecular flexibility index (Phi) is 4.25. The molecule has 0 aliphatic carbocycles. The second kappa shape index (κ2) is 6.11. The van der Waals surface area contributed by atoms with Crippen molar-refractivity contribution >= 4 is 28.1 Å². The van der Waals surface area contributed by atoms with Gasteiger partial charge < -0.3 is 10.1 Å². The van der Waals surface area contributed by atoms with Gasteiger partial charge in [0.05, 0.1) is 30.6 Å². The van der Waals surface area contributed by atoms with Gasteiger partial charge in [-0.1, -0.05) is 0 Å². The van der Waals surface area contributed by atoms with Gasteiger partial charge in [-0.2, -0.15) is 0 Å². The van der Waals surface area contributed by atoms with E-state index in [2.05, 4.69) is 15.3 Å².